The summed E-state index contributed by atoms with van der Waals surface area (Å²) in [5.41, 5.74) is 2.80. The van der Waals surface area contributed by atoms with Gasteiger partial charge in [0.1, 0.15) is 5.82 Å². The number of halogens is 1. The maximum atomic E-state index is 13.0. The molecule has 1 saturated carbocycles. The SMILES string of the molecule is Fc1ccc(CCC2(N3CCN(Cc4ccccc4)CC3)CC2)nc1. The molecule has 132 valence electrons. The molecule has 1 aromatic heterocycles. The molecule has 0 unspecified atom stereocenters. The number of nitrogens with zero attached hydrogens (tertiary/aromatic N) is 3. The lowest BCUT2D eigenvalue weighted by Crippen LogP contribution is -2.51. The lowest BCUT2D eigenvalue weighted by molar-refractivity contribution is 0.0767. The molecule has 25 heavy (non-hydrogen) atoms. The van der Waals surface area contributed by atoms with E-state index in [1.54, 1.807) is 0 Å². The summed E-state index contributed by atoms with van der Waals surface area (Å²) < 4.78 is 13.0. The highest BCUT2D eigenvalue weighted by atomic mass is 19.1. The van der Waals surface area contributed by atoms with Gasteiger partial charge in [0.2, 0.25) is 0 Å². The number of aromatic nitrogens is 1. The third kappa shape index (κ3) is 4.07. The fourth-order valence-corrected chi connectivity index (χ4v) is 4.01. The Balaban J connectivity index is 1.27. The zero-order chi connectivity index (χ0) is 17.1. The monoisotopic (exact) mass is 339 g/mol. The van der Waals surface area contributed by atoms with Crippen LogP contribution in [0.4, 0.5) is 4.39 Å². The second-order valence-corrected chi connectivity index (χ2v) is 7.44. The van der Waals surface area contributed by atoms with Crippen molar-refractivity contribution in [2.24, 2.45) is 0 Å². The molecule has 2 aliphatic rings. The van der Waals surface area contributed by atoms with Crippen molar-refractivity contribution >= 4 is 0 Å². The molecule has 2 aromatic rings. The largest absolute Gasteiger partial charge is 0.297 e. The molecule has 1 aliphatic heterocycles. The van der Waals surface area contributed by atoms with E-state index in [0.717, 1.165) is 51.3 Å². The van der Waals surface area contributed by atoms with Crippen LogP contribution < -0.4 is 0 Å². The molecule has 1 aliphatic carbocycles. The van der Waals surface area contributed by atoms with E-state index < -0.39 is 0 Å². The highest BCUT2D eigenvalue weighted by Crippen LogP contribution is 2.45. The van der Waals surface area contributed by atoms with Crippen LogP contribution in [-0.2, 0) is 13.0 Å². The smallest absolute Gasteiger partial charge is 0.141 e. The first kappa shape index (κ1) is 16.7. The van der Waals surface area contributed by atoms with Crippen LogP contribution in [0.3, 0.4) is 0 Å². The van der Waals surface area contributed by atoms with Crippen LogP contribution in [0.5, 0.6) is 0 Å². The van der Waals surface area contributed by atoms with E-state index in [-0.39, 0.29) is 5.82 Å². The third-order valence-corrected chi connectivity index (χ3v) is 5.75. The first-order valence-electron chi connectivity index (χ1n) is 9.35. The van der Waals surface area contributed by atoms with Crippen molar-refractivity contribution in [3.63, 3.8) is 0 Å². The topological polar surface area (TPSA) is 19.4 Å². The summed E-state index contributed by atoms with van der Waals surface area (Å²) in [7, 11) is 0. The first-order chi connectivity index (χ1) is 12.2. The van der Waals surface area contributed by atoms with Crippen molar-refractivity contribution in [3.05, 3.63) is 65.7 Å². The van der Waals surface area contributed by atoms with E-state index in [9.17, 15) is 4.39 Å². The van der Waals surface area contributed by atoms with E-state index >= 15 is 0 Å². The Labute approximate surface area is 149 Å². The van der Waals surface area contributed by atoms with Gasteiger partial charge in [-0.15, -0.1) is 0 Å². The van der Waals surface area contributed by atoms with Crippen molar-refractivity contribution in [1.82, 2.24) is 14.8 Å². The molecule has 4 rings (SSSR count). The Morgan fingerprint density at radius 2 is 1.72 bits per heavy atom. The average molecular weight is 339 g/mol. The van der Waals surface area contributed by atoms with Crippen LogP contribution in [0, 0.1) is 5.82 Å². The molecule has 0 amide bonds. The van der Waals surface area contributed by atoms with E-state index in [1.807, 2.05) is 6.07 Å². The molecule has 2 heterocycles. The Bertz CT molecular complexity index is 674. The van der Waals surface area contributed by atoms with Crippen LogP contribution in [0.1, 0.15) is 30.5 Å². The van der Waals surface area contributed by atoms with Crippen LogP contribution in [-0.4, -0.2) is 46.5 Å². The number of hydrogen-bond donors (Lipinski definition) is 0. The van der Waals surface area contributed by atoms with Crippen LogP contribution in [0.2, 0.25) is 0 Å². The molecular formula is C21H26FN3. The summed E-state index contributed by atoms with van der Waals surface area (Å²) >= 11 is 0. The van der Waals surface area contributed by atoms with E-state index in [0.29, 0.717) is 5.54 Å². The number of hydrogen-bond acceptors (Lipinski definition) is 3. The van der Waals surface area contributed by atoms with Crippen molar-refractivity contribution in [2.75, 3.05) is 26.2 Å². The van der Waals surface area contributed by atoms with Crippen molar-refractivity contribution in [2.45, 2.75) is 37.8 Å². The van der Waals surface area contributed by atoms with Crippen molar-refractivity contribution in [3.8, 4) is 0 Å². The van der Waals surface area contributed by atoms with E-state index in [4.69, 9.17) is 0 Å². The molecule has 3 nitrogen and oxygen atoms in total. The van der Waals surface area contributed by atoms with Crippen molar-refractivity contribution in [1.29, 1.82) is 0 Å². The maximum absolute atomic E-state index is 13.0. The molecule has 1 aromatic carbocycles. The summed E-state index contributed by atoms with van der Waals surface area (Å²) in [5.74, 6) is -0.251. The Morgan fingerprint density at radius 1 is 0.960 bits per heavy atom. The molecule has 4 heteroatoms. The highest BCUT2D eigenvalue weighted by Gasteiger charge is 2.47. The fourth-order valence-electron chi connectivity index (χ4n) is 4.01. The second-order valence-electron chi connectivity index (χ2n) is 7.44. The molecule has 0 spiro atoms. The highest BCUT2D eigenvalue weighted by molar-refractivity contribution is 5.15. The zero-order valence-corrected chi connectivity index (χ0v) is 14.7. The zero-order valence-electron chi connectivity index (χ0n) is 14.7. The summed E-state index contributed by atoms with van der Waals surface area (Å²) in [5, 5.41) is 0. The standard InChI is InChI=1S/C21H26FN3/c22-19-6-7-20(23-16-19)8-9-21(10-11-21)25-14-12-24(13-15-25)17-18-4-2-1-3-5-18/h1-7,16H,8-15,17H2. The van der Waals surface area contributed by atoms with Crippen molar-refractivity contribution < 1.29 is 4.39 Å². The molecule has 0 radical (unpaired) electrons. The second kappa shape index (κ2) is 7.22. The van der Waals surface area contributed by atoms with Gasteiger partial charge in [-0.05, 0) is 43.4 Å². The number of rotatable bonds is 6. The number of piperazine rings is 1. The molecule has 0 atom stereocenters. The molecule has 1 saturated heterocycles. The maximum Gasteiger partial charge on any atom is 0.141 e. The van der Waals surface area contributed by atoms with Gasteiger partial charge in [0, 0.05) is 44.0 Å². The number of pyridine rings is 1. The third-order valence-electron chi connectivity index (χ3n) is 5.75. The first-order valence-corrected chi connectivity index (χ1v) is 9.35. The van der Waals surface area contributed by atoms with E-state index in [1.165, 1.54) is 30.7 Å². The lowest BCUT2D eigenvalue weighted by atomic mass is 10.0. The van der Waals surface area contributed by atoms with Gasteiger partial charge in [-0.25, -0.2) is 4.39 Å². The minimum absolute atomic E-state index is 0.251. The summed E-state index contributed by atoms with van der Waals surface area (Å²) in [6, 6.07) is 14.1. The molecule has 2 fully saturated rings. The molecular weight excluding hydrogens is 313 g/mol. The van der Waals surface area contributed by atoms with Gasteiger partial charge in [-0.2, -0.15) is 0 Å². The normalized spacial score (nSPS) is 20.5. The minimum atomic E-state index is -0.251. The van der Waals surface area contributed by atoms with Gasteiger partial charge in [-0.3, -0.25) is 14.8 Å². The summed E-state index contributed by atoms with van der Waals surface area (Å²) in [4.78, 5) is 9.46. The number of aryl methyl sites for hydroxylation is 1. The summed E-state index contributed by atoms with van der Waals surface area (Å²) in [6.07, 6.45) is 6.02. The van der Waals surface area contributed by atoms with Crippen LogP contribution >= 0.6 is 0 Å². The van der Waals surface area contributed by atoms with Gasteiger partial charge in [0.25, 0.3) is 0 Å². The average Bonchev–Trinajstić information content (AvgIpc) is 3.44. The quantitative estimate of drug-likeness (QED) is 0.803. The van der Waals surface area contributed by atoms with Gasteiger partial charge in [-0.1, -0.05) is 30.3 Å². The van der Waals surface area contributed by atoms with Gasteiger partial charge in [0.05, 0.1) is 6.20 Å². The molecule has 0 bridgehead atoms. The Morgan fingerprint density at radius 3 is 2.36 bits per heavy atom. The lowest BCUT2D eigenvalue weighted by Gasteiger charge is -2.40. The summed E-state index contributed by atoms with van der Waals surface area (Å²) in [6.45, 7) is 5.66. The Kier molecular flexibility index (Phi) is 4.82. The predicted molar refractivity (Wildman–Crippen MR) is 97.8 cm³/mol. The van der Waals surface area contributed by atoms with Crippen LogP contribution in [0.25, 0.3) is 0 Å². The fraction of sp³-hybridized carbons (Fsp3) is 0.476. The Hall–Kier alpha value is -1.78. The minimum Gasteiger partial charge on any atom is -0.297 e. The van der Waals surface area contributed by atoms with Gasteiger partial charge < -0.3 is 0 Å². The van der Waals surface area contributed by atoms with E-state index in [2.05, 4.69) is 45.1 Å². The van der Waals surface area contributed by atoms with Crippen LogP contribution in [0.15, 0.2) is 48.7 Å². The van der Waals surface area contributed by atoms with Gasteiger partial charge in [0.15, 0.2) is 0 Å². The molecule has 0 N–H and O–H groups in total. The number of benzene rings is 1. The predicted octanol–water partition coefficient (Wildman–Crippen LogP) is 3.50. The van der Waals surface area contributed by atoms with Gasteiger partial charge >= 0.3 is 0 Å².